The Hall–Kier alpha value is -2.35. The van der Waals surface area contributed by atoms with Crippen molar-refractivity contribution in [1.82, 2.24) is 15.5 Å². The second-order valence-corrected chi connectivity index (χ2v) is 8.63. The molecule has 1 aromatic heterocycles. The van der Waals surface area contributed by atoms with Gasteiger partial charge >= 0.3 is 6.03 Å². The van der Waals surface area contributed by atoms with E-state index in [2.05, 4.69) is 10.6 Å². The third-order valence-electron chi connectivity index (χ3n) is 5.52. The first-order valence-electron chi connectivity index (χ1n) is 9.32. The van der Waals surface area contributed by atoms with E-state index in [4.69, 9.17) is 10.2 Å². The zero-order valence-corrected chi connectivity index (χ0v) is 16.3. The lowest BCUT2D eigenvalue weighted by Gasteiger charge is -2.34. The monoisotopic (exact) mass is 376 g/mol. The van der Waals surface area contributed by atoms with Crippen LogP contribution in [0.2, 0.25) is 0 Å². The maximum absolute atomic E-state index is 13.1. The molecule has 4 amide bonds. The van der Waals surface area contributed by atoms with E-state index >= 15 is 0 Å². The zero-order valence-electron chi connectivity index (χ0n) is 16.3. The van der Waals surface area contributed by atoms with Crippen LogP contribution < -0.4 is 16.4 Å². The highest BCUT2D eigenvalue weighted by atomic mass is 16.4. The molecule has 4 N–H and O–H groups in total. The Morgan fingerprint density at radius 1 is 1.33 bits per heavy atom. The average molecular weight is 376 g/mol. The van der Waals surface area contributed by atoms with Gasteiger partial charge in [-0.3, -0.25) is 14.5 Å². The van der Waals surface area contributed by atoms with Crippen LogP contribution in [-0.2, 0) is 16.8 Å². The predicted octanol–water partition coefficient (Wildman–Crippen LogP) is 1.49. The van der Waals surface area contributed by atoms with Gasteiger partial charge in [-0.2, -0.15) is 0 Å². The summed E-state index contributed by atoms with van der Waals surface area (Å²) in [4.78, 5) is 38.5. The van der Waals surface area contributed by atoms with Crippen molar-refractivity contribution in [2.75, 3.05) is 13.1 Å². The van der Waals surface area contributed by atoms with Crippen molar-refractivity contribution in [3.8, 4) is 0 Å². The molecule has 0 aliphatic carbocycles. The standard InChI is InChI=1S/C19H28N4O4/c1-18(2,3)14-11(9-13(27-14)15(20)24)10-23-16(25)19(4,22-17(23)26)12-5-7-21-8-6-12/h9,12,21H,5-8,10H2,1-4H3,(H2,20,24)(H,22,26). The van der Waals surface area contributed by atoms with E-state index in [1.54, 1.807) is 6.92 Å². The molecule has 1 atom stereocenters. The summed E-state index contributed by atoms with van der Waals surface area (Å²) in [6.07, 6.45) is 1.67. The lowest BCUT2D eigenvalue weighted by Crippen LogP contribution is -2.53. The van der Waals surface area contributed by atoms with Crippen LogP contribution in [0.5, 0.6) is 0 Å². The number of piperidine rings is 1. The highest BCUT2D eigenvalue weighted by Gasteiger charge is 2.52. The molecule has 2 fully saturated rings. The van der Waals surface area contributed by atoms with Gasteiger partial charge in [0.2, 0.25) is 0 Å². The molecule has 3 heterocycles. The normalized spacial score (nSPS) is 24.4. The quantitative estimate of drug-likeness (QED) is 0.688. The molecule has 2 aliphatic rings. The number of imide groups is 1. The molecule has 148 valence electrons. The summed E-state index contributed by atoms with van der Waals surface area (Å²) in [5.74, 6) is -0.243. The number of rotatable bonds is 4. The number of carbonyl (C=O) groups is 3. The Morgan fingerprint density at radius 2 is 1.96 bits per heavy atom. The van der Waals surface area contributed by atoms with Gasteiger partial charge in [0.05, 0.1) is 6.54 Å². The van der Waals surface area contributed by atoms with E-state index in [1.165, 1.54) is 11.0 Å². The molecule has 2 saturated heterocycles. The fourth-order valence-corrected chi connectivity index (χ4v) is 4.01. The number of hydrogen-bond donors (Lipinski definition) is 3. The molecule has 8 nitrogen and oxygen atoms in total. The molecular formula is C19H28N4O4. The SMILES string of the molecule is CC(C)(C)c1oc(C(N)=O)cc1CN1C(=O)NC(C)(C2CCNCC2)C1=O. The fraction of sp³-hybridized carbons (Fsp3) is 0.632. The van der Waals surface area contributed by atoms with Crippen molar-refractivity contribution in [3.05, 3.63) is 23.2 Å². The van der Waals surface area contributed by atoms with Gasteiger partial charge in [0.15, 0.2) is 5.76 Å². The molecule has 0 aromatic carbocycles. The lowest BCUT2D eigenvalue weighted by atomic mass is 9.79. The number of urea groups is 1. The van der Waals surface area contributed by atoms with Crippen LogP contribution >= 0.6 is 0 Å². The van der Waals surface area contributed by atoms with Gasteiger partial charge in [0.25, 0.3) is 11.8 Å². The summed E-state index contributed by atoms with van der Waals surface area (Å²) >= 11 is 0. The Kier molecular flexibility index (Phi) is 4.80. The highest BCUT2D eigenvalue weighted by Crippen LogP contribution is 2.35. The number of primary amides is 1. The first kappa shape index (κ1) is 19.4. The van der Waals surface area contributed by atoms with Crippen molar-refractivity contribution in [2.24, 2.45) is 11.7 Å². The van der Waals surface area contributed by atoms with Gasteiger partial charge in [-0.25, -0.2) is 4.79 Å². The number of amides is 4. The number of hydrogen-bond acceptors (Lipinski definition) is 5. The molecule has 0 bridgehead atoms. The smallest absolute Gasteiger partial charge is 0.325 e. The summed E-state index contributed by atoms with van der Waals surface area (Å²) in [7, 11) is 0. The summed E-state index contributed by atoms with van der Waals surface area (Å²) in [5, 5.41) is 6.17. The second kappa shape index (κ2) is 6.67. The maximum Gasteiger partial charge on any atom is 0.325 e. The van der Waals surface area contributed by atoms with Crippen molar-refractivity contribution >= 4 is 17.8 Å². The molecule has 1 unspecified atom stereocenters. The van der Waals surface area contributed by atoms with Gasteiger partial charge in [-0.15, -0.1) is 0 Å². The van der Waals surface area contributed by atoms with Crippen molar-refractivity contribution in [2.45, 2.75) is 58.0 Å². The Balaban J connectivity index is 1.89. The fourth-order valence-electron chi connectivity index (χ4n) is 4.01. The van der Waals surface area contributed by atoms with E-state index in [1.807, 2.05) is 20.8 Å². The van der Waals surface area contributed by atoms with Gasteiger partial charge in [-0.1, -0.05) is 20.8 Å². The highest BCUT2D eigenvalue weighted by molar-refractivity contribution is 6.07. The predicted molar refractivity (Wildman–Crippen MR) is 99.0 cm³/mol. The summed E-state index contributed by atoms with van der Waals surface area (Å²) in [6.45, 7) is 9.33. The molecular weight excluding hydrogens is 348 g/mol. The minimum atomic E-state index is -0.905. The first-order chi connectivity index (χ1) is 12.5. The molecule has 0 radical (unpaired) electrons. The van der Waals surface area contributed by atoms with Crippen LogP contribution in [0, 0.1) is 5.92 Å². The molecule has 3 rings (SSSR count). The van der Waals surface area contributed by atoms with Crippen molar-refractivity contribution in [1.29, 1.82) is 0 Å². The van der Waals surface area contributed by atoms with Crippen molar-refractivity contribution in [3.63, 3.8) is 0 Å². The van der Waals surface area contributed by atoms with Crippen LogP contribution in [0.4, 0.5) is 4.79 Å². The summed E-state index contributed by atoms with van der Waals surface area (Å²) < 4.78 is 5.64. The molecule has 2 aliphatic heterocycles. The number of nitrogens with one attached hydrogen (secondary N) is 2. The minimum absolute atomic E-state index is 0.0306. The van der Waals surface area contributed by atoms with E-state index in [9.17, 15) is 14.4 Å². The second-order valence-electron chi connectivity index (χ2n) is 8.63. The molecule has 8 heteroatoms. The van der Waals surface area contributed by atoms with Crippen molar-refractivity contribution < 1.29 is 18.8 Å². The van der Waals surface area contributed by atoms with Crippen LogP contribution in [0.25, 0.3) is 0 Å². The molecule has 27 heavy (non-hydrogen) atoms. The zero-order chi connectivity index (χ0) is 20.0. The van der Waals surface area contributed by atoms with E-state index in [0.29, 0.717) is 11.3 Å². The molecule has 1 aromatic rings. The minimum Gasteiger partial charge on any atom is -0.455 e. The van der Waals surface area contributed by atoms with Crippen LogP contribution in [0.15, 0.2) is 10.5 Å². The third-order valence-corrected chi connectivity index (χ3v) is 5.52. The maximum atomic E-state index is 13.1. The molecule has 0 saturated carbocycles. The van der Waals surface area contributed by atoms with Gasteiger partial charge < -0.3 is 20.8 Å². The Labute approximate surface area is 158 Å². The number of nitrogens with two attached hydrogens (primary N) is 1. The van der Waals surface area contributed by atoms with Gasteiger partial charge in [-0.05, 0) is 44.8 Å². The summed E-state index contributed by atoms with van der Waals surface area (Å²) in [5.41, 5.74) is 4.66. The van der Waals surface area contributed by atoms with Crippen LogP contribution in [0.3, 0.4) is 0 Å². The topological polar surface area (TPSA) is 118 Å². The van der Waals surface area contributed by atoms with E-state index < -0.39 is 22.9 Å². The largest absolute Gasteiger partial charge is 0.455 e. The first-order valence-corrected chi connectivity index (χ1v) is 9.32. The summed E-state index contributed by atoms with van der Waals surface area (Å²) in [6, 6.07) is 1.12. The van der Waals surface area contributed by atoms with Gasteiger partial charge in [0.1, 0.15) is 11.3 Å². The third kappa shape index (κ3) is 3.45. The molecule has 0 spiro atoms. The Morgan fingerprint density at radius 3 is 2.52 bits per heavy atom. The number of nitrogens with zero attached hydrogens (tertiary/aromatic N) is 1. The average Bonchev–Trinajstić information content (AvgIpc) is 3.12. The number of furan rings is 1. The lowest BCUT2D eigenvalue weighted by molar-refractivity contribution is -0.133. The van der Waals surface area contributed by atoms with Crippen LogP contribution in [-0.4, -0.2) is 41.4 Å². The number of carbonyl (C=O) groups excluding carboxylic acids is 3. The van der Waals surface area contributed by atoms with E-state index in [0.717, 1.165) is 25.9 Å². The Bertz CT molecular complexity index is 773. The van der Waals surface area contributed by atoms with E-state index in [-0.39, 0.29) is 24.1 Å². The van der Waals surface area contributed by atoms with Gasteiger partial charge in [0, 0.05) is 11.0 Å². The van der Waals surface area contributed by atoms with Crippen LogP contribution in [0.1, 0.15) is 62.4 Å².